The number of hydrogen-bond acceptors (Lipinski definition) is 7. The number of methoxy groups -OCH3 is 2. The molecule has 57 heavy (non-hydrogen) atoms. The monoisotopic (exact) mass is 799 g/mol. The lowest BCUT2D eigenvalue weighted by Gasteiger charge is -2.36. The lowest BCUT2D eigenvalue weighted by Crippen LogP contribution is -2.56. The normalized spacial score (nSPS) is 11.1. The quantitative estimate of drug-likeness (QED) is 0.115. The van der Waals surface area contributed by atoms with Gasteiger partial charge in [0.2, 0.25) is 0 Å². The van der Waals surface area contributed by atoms with Crippen LogP contribution < -0.4 is 25.6 Å². The van der Waals surface area contributed by atoms with E-state index in [1.54, 1.807) is 44.5 Å². The van der Waals surface area contributed by atoms with Gasteiger partial charge in [0.05, 0.1) is 31.2 Å². The van der Waals surface area contributed by atoms with E-state index < -0.39 is 17.0 Å². The largest absolute Gasteiger partial charge is 0.496 e. The summed E-state index contributed by atoms with van der Waals surface area (Å²) in [6.45, 7) is 19.5. The van der Waals surface area contributed by atoms with Crippen LogP contribution in [0.4, 0.5) is 0 Å². The second-order valence-electron chi connectivity index (χ2n) is 15.9. The molecule has 0 saturated carbocycles. The van der Waals surface area contributed by atoms with Crippen LogP contribution in [0.25, 0.3) is 0 Å². The number of alkyl halides is 1. The molecule has 0 fully saturated rings. The first-order valence-corrected chi connectivity index (χ1v) is 19.2. The average molecular weight is 800 g/mol. The molecule has 0 aliphatic carbocycles. The first-order chi connectivity index (χ1) is 26.7. The Bertz CT molecular complexity index is 2050. The van der Waals surface area contributed by atoms with Crippen molar-refractivity contribution in [3.63, 3.8) is 0 Å². The van der Waals surface area contributed by atoms with E-state index in [-0.39, 0.29) is 23.6 Å². The van der Waals surface area contributed by atoms with Gasteiger partial charge in [-0.15, -0.1) is 11.6 Å². The minimum atomic E-state index is -0.635. The van der Waals surface area contributed by atoms with Crippen molar-refractivity contribution < 1.29 is 28.7 Å². The molecular formula is C45H58ClN5O6. The van der Waals surface area contributed by atoms with Gasteiger partial charge in [-0.05, 0) is 125 Å². The zero-order valence-electron chi connectivity index (χ0n) is 35.6. The Morgan fingerprint density at radius 3 is 1.26 bits per heavy atom. The molecule has 4 aromatic rings. The minimum absolute atomic E-state index is 0.118. The molecule has 4 aromatic carbocycles. The summed E-state index contributed by atoms with van der Waals surface area (Å²) in [4.78, 5) is 52.6. The van der Waals surface area contributed by atoms with Gasteiger partial charge in [-0.2, -0.15) is 0 Å². The number of hydrazine groups is 2. The van der Waals surface area contributed by atoms with Crippen LogP contribution in [0.3, 0.4) is 0 Å². The number of amides is 4. The molecule has 306 valence electrons. The lowest BCUT2D eigenvalue weighted by atomic mass is 10.0. The van der Waals surface area contributed by atoms with Crippen molar-refractivity contribution in [1.82, 2.24) is 26.2 Å². The molecule has 0 atom stereocenters. The molecule has 0 unspecified atom stereocenters. The van der Waals surface area contributed by atoms with Crippen molar-refractivity contribution in [2.24, 2.45) is 0 Å². The van der Waals surface area contributed by atoms with Gasteiger partial charge in [-0.1, -0.05) is 46.5 Å². The maximum Gasteiger partial charge on any atom is 0.272 e. The van der Waals surface area contributed by atoms with Gasteiger partial charge in [0.15, 0.2) is 0 Å². The Hall–Kier alpha value is -5.39. The molecule has 0 aromatic heterocycles. The van der Waals surface area contributed by atoms with Crippen molar-refractivity contribution >= 4 is 35.2 Å². The highest BCUT2D eigenvalue weighted by molar-refractivity contribution is 6.18. The molecule has 0 spiro atoms. The van der Waals surface area contributed by atoms with E-state index in [9.17, 15) is 19.2 Å². The van der Waals surface area contributed by atoms with E-state index in [0.717, 1.165) is 27.8 Å². The molecule has 0 bridgehead atoms. The minimum Gasteiger partial charge on any atom is -0.496 e. The number of halogens is 1. The third kappa shape index (κ3) is 12.1. The van der Waals surface area contributed by atoms with Gasteiger partial charge < -0.3 is 14.8 Å². The number of carbonyl (C=O) groups is 4. The van der Waals surface area contributed by atoms with E-state index in [1.807, 2.05) is 112 Å². The zero-order chi connectivity index (χ0) is 42.8. The molecule has 0 aliphatic rings. The molecule has 3 N–H and O–H groups in total. The summed E-state index contributed by atoms with van der Waals surface area (Å²) in [5, 5.41) is 5.82. The topological polar surface area (TPSA) is 129 Å². The number of rotatable bonds is 9. The maximum absolute atomic E-state index is 13.3. The number of nitrogens with one attached hydrogen (secondary N) is 3. The molecular weight excluding hydrogens is 742 g/mol. The summed E-state index contributed by atoms with van der Waals surface area (Å²) in [5.41, 5.74) is 11.5. The Morgan fingerprint density at radius 2 is 0.947 bits per heavy atom. The number of benzene rings is 4. The second-order valence-corrected chi connectivity index (χ2v) is 16.2. The van der Waals surface area contributed by atoms with E-state index in [1.165, 1.54) is 17.1 Å². The molecule has 11 nitrogen and oxygen atoms in total. The first kappa shape index (κ1) is 46.0. The molecule has 12 heteroatoms. The number of hydrogen-bond donors (Lipinski definition) is 3. The highest BCUT2D eigenvalue weighted by Gasteiger charge is 2.32. The van der Waals surface area contributed by atoms with Crippen LogP contribution in [0.15, 0.2) is 72.8 Å². The van der Waals surface area contributed by atoms with Crippen molar-refractivity contribution in [3.05, 3.63) is 128 Å². The number of ether oxygens (including phenoxy) is 2. The van der Waals surface area contributed by atoms with Crippen molar-refractivity contribution in [1.29, 1.82) is 0 Å². The Kier molecular flexibility index (Phi) is 15.9. The molecule has 4 rings (SSSR count). The summed E-state index contributed by atoms with van der Waals surface area (Å²) in [5.74, 6) is -0.0314. The number of carbonyl (C=O) groups excluding carboxylic acids is 4. The predicted octanol–water partition coefficient (Wildman–Crippen LogP) is 8.25. The SMILES string of the molecule is CNCc1c(OC)cccc1C(=O)NN(C(=O)c1cc(C)cc(C)c1)C(C)(C)C.COc1cccc(C(=O)NN(C(=O)c2cc(C)cc(C)c2)C(C)(C)C)c1CCl. The smallest absolute Gasteiger partial charge is 0.272 e. The summed E-state index contributed by atoms with van der Waals surface area (Å²) < 4.78 is 10.7. The van der Waals surface area contributed by atoms with Crippen LogP contribution in [0.1, 0.15) is 116 Å². The molecule has 0 aliphatic heterocycles. The fourth-order valence-corrected chi connectivity index (χ4v) is 6.54. The zero-order valence-corrected chi connectivity index (χ0v) is 36.3. The summed E-state index contributed by atoms with van der Waals surface area (Å²) in [6, 6.07) is 21.7. The van der Waals surface area contributed by atoms with Gasteiger partial charge in [0.25, 0.3) is 23.6 Å². The fraction of sp³-hybridized carbons (Fsp3) is 0.378. The number of nitrogens with zero attached hydrogens (tertiary/aromatic N) is 2. The van der Waals surface area contributed by atoms with E-state index in [0.29, 0.717) is 45.9 Å². The van der Waals surface area contributed by atoms with Gasteiger partial charge in [-0.3, -0.25) is 30.0 Å². The van der Waals surface area contributed by atoms with E-state index in [4.69, 9.17) is 21.1 Å². The van der Waals surface area contributed by atoms with E-state index in [2.05, 4.69) is 16.2 Å². The Morgan fingerprint density at radius 1 is 0.596 bits per heavy atom. The molecule has 0 heterocycles. The van der Waals surface area contributed by atoms with Crippen LogP contribution in [0, 0.1) is 27.7 Å². The third-order valence-electron chi connectivity index (χ3n) is 8.79. The molecule has 4 amide bonds. The van der Waals surface area contributed by atoms with Crippen LogP contribution in [0.5, 0.6) is 11.5 Å². The highest BCUT2D eigenvalue weighted by atomic mass is 35.5. The number of aryl methyl sites for hydroxylation is 4. The summed E-state index contributed by atoms with van der Waals surface area (Å²) in [7, 11) is 4.90. The van der Waals surface area contributed by atoms with Crippen LogP contribution >= 0.6 is 11.6 Å². The molecule has 0 radical (unpaired) electrons. The van der Waals surface area contributed by atoms with Crippen LogP contribution in [-0.4, -0.2) is 66.0 Å². The van der Waals surface area contributed by atoms with Crippen molar-refractivity contribution in [3.8, 4) is 11.5 Å². The standard InChI is InChI=1S/C23H31N3O3.C22H27ClN2O3/c1-15-11-16(2)13-17(12-15)22(28)26(23(3,4)5)25-21(27)18-9-8-10-20(29-7)19(18)14-24-6;1-14-10-15(2)12-16(11-14)21(27)25(22(3,4)5)24-20(26)17-8-7-9-19(28-6)18(17)13-23/h8-13,24H,14H2,1-7H3,(H,25,27);7-12H,13H2,1-6H3,(H,24,26). The van der Waals surface area contributed by atoms with Gasteiger partial charge in [0, 0.05) is 39.9 Å². The fourth-order valence-electron chi connectivity index (χ4n) is 6.26. The summed E-state index contributed by atoms with van der Waals surface area (Å²) >= 11 is 6.04. The maximum atomic E-state index is 13.3. The highest BCUT2D eigenvalue weighted by Crippen LogP contribution is 2.26. The lowest BCUT2D eigenvalue weighted by molar-refractivity contribution is 0.0356. The van der Waals surface area contributed by atoms with Crippen LogP contribution in [-0.2, 0) is 12.4 Å². The predicted molar refractivity (Wildman–Crippen MR) is 227 cm³/mol. The van der Waals surface area contributed by atoms with Gasteiger partial charge in [-0.25, -0.2) is 10.0 Å². The average Bonchev–Trinajstić information content (AvgIpc) is 3.13. The first-order valence-electron chi connectivity index (χ1n) is 18.7. The second kappa shape index (κ2) is 19.7. The van der Waals surface area contributed by atoms with Gasteiger partial charge >= 0.3 is 0 Å². The Labute approximate surface area is 343 Å². The van der Waals surface area contributed by atoms with Crippen LogP contribution in [0.2, 0.25) is 0 Å². The van der Waals surface area contributed by atoms with E-state index >= 15 is 0 Å². The van der Waals surface area contributed by atoms with Crippen molar-refractivity contribution in [2.45, 2.75) is 92.7 Å². The van der Waals surface area contributed by atoms with Gasteiger partial charge in [0.1, 0.15) is 11.5 Å². The molecule has 0 saturated heterocycles. The third-order valence-corrected chi connectivity index (χ3v) is 9.06. The summed E-state index contributed by atoms with van der Waals surface area (Å²) in [6.07, 6.45) is 0. The van der Waals surface area contributed by atoms with Crippen molar-refractivity contribution in [2.75, 3.05) is 21.3 Å². The Balaban J connectivity index is 0.000000306.